The number of hydrogen-bond donors (Lipinski definition) is 5. The largest absolute Gasteiger partial charge is 0.506 e. The maximum absolute atomic E-state index is 13.2. The van der Waals surface area contributed by atoms with Crippen LogP contribution in [0.15, 0.2) is 82.1 Å². The van der Waals surface area contributed by atoms with Crippen molar-refractivity contribution in [2.45, 2.75) is 76.0 Å². The molecule has 0 aliphatic carbocycles. The van der Waals surface area contributed by atoms with Crippen molar-refractivity contribution in [3.05, 3.63) is 104 Å². The summed E-state index contributed by atoms with van der Waals surface area (Å²) in [7, 11) is 0. The number of rotatable bonds is 18. The van der Waals surface area contributed by atoms with Gasteiger partial charge in [-0.1, -0.05) is 84.4 Å². The van der Waals surface area contributed by atoms with Crippen LogP contribution in [0.3, 0.4) is 0 Å². The van der Waals surface area contributed by atoms with Crippen molar-refractivity contribution in [3.8, 4) is 11.5 Å². The van der Waals surface area contributed by atoms with Gasteiger partial charge in [-0.3, -0.25) is 9.69 Å². The maximum atomic E-state index is 13.2. The third-order valence-corrected chi connectivity index (χ3v) is 11.1. The molecule has 52 heavy (non-hydrogen) atoms. The average molecular weight is 776 g/mol. The predicted octanol–water partition coefficient (Wildman–Crippen LogP) is 7.34. The summed E-state index contributed by atoms with van der Waals surface area (Å²) in [5.41, 5.74) is 2.62. The molecule has 278 valence electrons. The maximum Gasteiger partial charge on any atom is 0.408 e. The molecular formula is C41H51BrN4O6. The van der Waals surface area contributed by atoms with E-state index in [0.717, 1.165) is 98.9 Å². The first kappa shape index (κ1) is 37.8. The number of H-pyrrole nitrogens is 1. The molecule has 5 N–H and O–H groups in total. The van der Waals surface area contributed by atoms with Crippen molar-refractivity contribution in [3.63, 3.8) is 0 Å². The number of phenolic OH excluding ortho intramolecular Hbond substituents is 1. The fourth-order valence-corrected chi connectivity index (χ4v) is 7.95. The van der Waals surface area contributed by atoms with Crippen LogP contribution in [0.5, 0.6) is 11.5 Å². The molecule has 11 heteroatoms. The van der Waals surface area contributed by atoms with Gasteiger partial charge in [-0.25, -0.2) is 4.79 Å². The van der Waals surface area contributed by atoms with Gasteiger partial charge in [0, 0.05) is 29.0 Å². The Bertz CT molecular complexity index is 1810. The highest BCUT2D eigenvalue weighted by Gasteiger charge is 2.37. The lowest BCUT2D eigenvalue weighted by Gasteiger charge is -2.43. The van der Waals surface area contributed by atoms with Crippen LogP contribution in [0, 0.1) is 5.92 Å². The van der Waals surface area contributed by atoms with Crippen molar-refractivity contribution in [2.75, 3.05) is 39.3 Å². The molecular weight excluding hydrogens is 724 g/mol. The lowest BCUT2D eigenvalue weighted by atomic mass is 9.86. The third kappa shape index (κ3) is 10.2. The minimum absolute atomic E-state index is 0.0104. The topological polar surface area (TPSA) is 136 Å². The zero-order chi connectivity index (χ0) is 36.3. The molecule has 7 rings (SSSR count). The summed E-state index contributed by atoms with van der Waals surface area (Å²) < 4.78 is 13.1. The number of amides is 1. The monoisotopic (exact) mass is 774 g/mol. The van der Waals surface area contributed by atoms with Crippen LogP contribution in [0.2, 0.25) is 0 Å². The number of aliphatic hydroxyl groups is 1. The number of unbranched alkanes of at least 4 members (excludes halogenated alkanes) is 6. The Morgan fingerprint density at radius 3 is 2.42 bits per heavy atom. The highest BCUT2D eigenvalue weighted by Crippen LogP contribution is 2.34. The number of aromatic hydroxyl groups is 1. The molecule has 3 aliphatic heterocycles. The number of carbonyl (C=O) groups is 1. The van der Waals surface area contributed by atoms with E-state index in [1.54, 1.807) is 12.1 Å². The SMILES string of the molecule is O=C(NC(c1ccccc1)c1cc(OCCCCCCCCCNC[C@H](O)c2ccc(O)c3[nH]c(=O)ccc23)ccc1Br)O[C@H]1CN2CCC1CC2. The minimum atomic E-state index is -0.745. The Balaban J connectivity index is 0.879. The van der Waals surface area contributed by atoms with Gasteiger partial charge in [-0.05, 0) is 98.3 Å². The zero-order valence-electron chi connectivity index (χ0n) is 29.7. The molecule has 3 saturated heterocycles. The first-order chi connectivity index (χ1) is 25.4. The molecule has 3 aliphatic rings. The van der Waals surface area contributed by atoms with Gasteiger partial charge in [0.1, 0.15) is 17.6 Å². The number of aromatic amines is 1. The minimum Gasteiger partial charge on any atom is -0.506 e. The Kier molecular flexibility index (Phi) is 13.6. The van der Waals surface area contributed by atoms with E-state index in [9.17, 15) is 19.8 Å². The average Bonchev–Trinajstić information content (AvgIpc) is 3.16. The van der Waals surface area contributed by atoms with Crippen molar-refractivity contribution in [1.29, 1.82) is 0 Å². The number of nitrogens with zero attached hydrogens (tertiary/aromatic N) is 1. The van der Waals surface area contributed by atoms with Gasteiger partial charge in [-0.15, -0.1) is 0 Å². The van der Waals surface area contributed by atoms with Gasteiger partial charge in [-0.2, -0.15) is 0 Å². The molecule has 3 atom stereocenters. The number of carbonyl (C=O) groups excluding carboxylic acids is 1. The summed E-state index contributed by atoms with van der Waals surface area (Å²) in [6.45, 7) is 4.86. The van der Waals surface area contributed by atoms with Crippen molar-refractivity contribution < 1.29 is 24.5 Å². The number of aliphatic hydroxyl groups excluding tert-OH is 1. The molecule has 0 spiro atoms. The molecule has 2 bridgehead atoms. The van der Waals surface area contributed by atoms with Gasteiger partial charge in [0.15, 0.2) is 0 Å². The van der Waals surface area contributed by atoms with Gasteiger partial charge in [0.2, 0.25) is 5.56 Å². The fourth-order valence-electron chi connectivity index (χ4n) is 7.48. The van der Waals surface area contributed by atoms with Crippen LogP contribution in [0.4, 0.5) is 4.79 Å². The number of alkyl carbamates (subject to hydrolysis) is 1. The van der Waals surface area contributed by atoms with E-state index in [2.05, 4.69) is 36.4 Å². The van der Waals surface area contributed by atoms with Crippen LogP contribution in [0.1, 0.15) is 86.6 Å². The summed E-state index contributed by atoms with van der Waals surface area (Å²) in [6.07, 6.45) is 8.68. The van der Waals surface area contributed by atoms with E-state index in [-0.39, 0.29) is 29.5 Å². The van der Waals surface area contributed by atoms with Crippen LogP contribution >= 0.6 is 15.9 Å². The van der Waals surface area contributed by atoms with E-state index in [4.69, 9.17) is 9.47 Å². The second-order valence-corrected chi connectivity index (χ2v) is 14.9. The molecule has 3 aromatic carbocycles. The van der Waals surface area contributed by atoms with Crippen LogP contribution in [-0.4, -0.2) is 71.6 Å². The number of pyridine rings is 1. The number of benzene rings is 3. The van der Waals surface area contributed by atoms with Crippen molar-refractivity contribution in [1.82, 2.24) is 20.5 Å². The van der Waals surface area contributed by atoms with E-state index in [1.807, 2.05) is 48.5 Å². The standard InChI is InChI=1S/C41H51BrN4O6/c42-34-16-13-30(25-33(34)39(29-11-7-6-8-12-29)45-41(50)52-37-27-46-22-19-28(37)20-23-46)51-24-10-5-3-1-2-4-9-21-43-26-36(48)31-14-17-35(47)40-32(31)15-18-38(49)44-40/h6-8,11-18,25,28,36-37,39,43,47-48H,1-5,9-10,19-24,26-27H2,(H,44,49)(H,45,50)/t36-,37-,39?/m0/s1. The molecule has 1 aromatic heterocycles. The fraction of sp³-hybridized carbons (Fsp3) is 0.463. The smallest absolute Gasteiger partial charge is 0.408 e. The molecule has 4 heterocycles. The summed E-state index contributed by atoms with van der Waals surface area (Å²) >= 11 is 3.72. The number of fused-ring (bicyclic) bond motifs is 4. The van der Waals surface area contributed by atoms with Gasteiger partial charge < -0.3 is 35.3 Å². The molecule has 4 aromatic rings. The number of halogens is 1. The van der Waals surface area contributed by atoms with Crippen LogP contribution in [-0.2, 0) is 4.74 Å². The van der Waals surface area contributed by atoms with Crippen LogP contribution in [0.25, 0.3) is 10.9 Å². The van der Waals surface area contributed by atoms with Crippen molar-refractivity contribution >= 4 is 32.9 Å². The first-order valence-corrected chi connectivity index (χ1v) is 19.6. The number of piperidine rings is 3. The lowest BCUT2D eigenvalue weighted by Crippen LogP contribution is -2.52. The van der Waals surface area contributed by atoms with Crippen molar-refractivity contribution in [2.24, 2.45) is 5.92 Å². The number of phenols is 1. The molecule has 0 radical (unpaired) electrons. The van der Waals surface area contributed by atoms with E-state index in [1.165, 1.54) is 18.6 Å². The van der Waals surface area contributed by atoms with Crippen LogP contribution < -0.4 is 20.9 Å². The molecule has 0 saturated carbocycles. The summed E-state index contributed by atoms with van der Waals surface area (Å²) in [5.74, 6) is 1.21. The summed E-state index contributed by atoms with van der Waals surface area (Å²) in [5, 5.41) is 27.9. The third-order valence-electron chi connectivity index (χ3n) is 10.4. The van der Waals surface area contributed by atoms with E-state index in [0.29, 0.717) is 35.5 Å². The highest BCUT2D eigenvalue weighted by atomic mass is 79.9. The zero-order valence-corrected chi connectivity index (χ0v) is 31.3. The van der Waals surface area contributed by atoms with Gasteiger partial charge >= 0.3 is 6.09 Å². The molecule has 3 fully saturated rings. The Morgan fingerprint density at radius 1 is 0.923 bits per heavy atom. The lowest BCUT2D eigenvalue weighted by molar-refractivity contribution is -0.0336. The number of aromatic nitrogens is 1. The van der Waals surface area contributed by atoms with E-state index < -0.39 is 6.10 Å². The first-order valence-electron chi connectivity index (χ1n) is 18.8. The second kappa shape index (κ2) is 18.7. The van der Waals surface area contributed by atoms with E-state index >= 15 is 0 Å². The normalized spacial score (nSPS) is 19.3. The highest BCUT2D eigenvalue weighted by molar-refractivity contribution is 9.10. The summed E-state index contributed by atoms with van der Waals surface area (Å²) in [6, 6.07) is 21.8. The molecule has 10 nitrogen and oxygen atoms in total. The quantitative estimate of drug-likeness (QED) is 0.0663. The second-order valence-electron chi connectivity index (χ2n) is 14.1. The molecule has 1 unspecified atom stereocenters. The number of ether oxygens (including phenoxy) is 2. The summed E-state index contributed by atoms with van der Waals surface area (Å²) in [4.78, 5) is 29.9. The predicted molar refractivity (Wildman–Crippen MR) is 207 cm³/mol. The number of nitrogens with one attached hydrogen (secondary N) is 3. The number of hydrogen-bond acceptors (Lipinski definition) is 8. The molecule has 1 amide bonds. The Morgan fingerprint density at radius 2 is 1.67 bits per heavy atom. The van der Waals surface area contributed by atoms with Gasteiger partial charge in [0.25, 0.3) is 0 Å². The van der Waals surface area contributed by atoms with Gasteiger partial charge in [0.05, 0.1) is 24.3 Å². The Hall–Kier alpha value is -3.90. The Labute approximate surface area is 314 Å².